The number of hydrogen-bond acceptors (Lipinski definition) is 4. The van der Waals surface area contributed by atoms with E-state index >= 15 is 0 Å². The number of carbonyl (C=O) groups is 1. The summed E-state index contributed by atoms with van der Waals surface area (Å²) in [5.74, 6) is 0.0418. The SMILES string of the molecule is Cc1cccc(N2CCN(CCC(=O)Nc3cccc4cccnc34)CC2)c1C. The Morgan fingerprint density at radius 1 is 1.00 bits per heavy atom. The van der Waals surface area contributed by atoms with Crippen molar-refractivity contribution in [1.82, 2.24) is 9.88 Å². The molecule has 0 aliphatic carbocycles. The van der Waals surface area contributed by atoms with Crippen molar-refractivity contribution in [2.24, 2.45) is 0 Å². The first kappa shape index (κ1) is 19.4. The van der Waals surface area contributed by atoms with Gasteiger partial charge < -0.3 is 10.2 Å². The van der Waals surface area contributed by atoms with Crippen LogP contribution in [0.2, 0.25) is 0 Å². The number of carbonyl (C=O) groups excluding carboxylic acids is 1. The number of hydrogen-bond donors (Lipinski definition) is 1. The highest BCUT2D eigenvalue weighted by Crippen LogP contribution is 2.24. The maximum absolute atomic E-state index is 12.5. The molecule has 4 rings (SSSR count). The second kappa shape index (κ2) is 8.62. The van der Waals surface area contributed by atoms with Crippen LogP contribution >= 0.6 is 0 Å². The van der Waals surface area contributed by atoms with Crippen LogP contribution < -0.4 is 10.2 Å². The van der Waals surface area contributed by atoms with Gasteiger partial charge >= 0.3 is 0 Å². The molecule has 150 valence electrons. The second-order valence-electron chi connectivity index (χ2n) is 7.73. The van der Waals surface area contributed by atoms with Gasteiger partial charge in [0.05, 0.1) is 11.2 Å². The van der Waals surface area contributed by atoms with Crippen molar-refractivity contribution in [3.05, 3.63) is 65.9 Å². The Kier molecular flexibility index (Phi) is 5.76. The van der Waals surface area contributed by atoms with Crippen molar-refractivity contribution in [1.29, 1.82) is 0 Å². The standard InChI is InChI=1S/C24H28N4O/c1-18-6-3-10-22(19(18)2)28-16-14-27(15-17-28)13-11-23(29)26-21-9-4-7-20-8-5-12-25-24(20)21/h3-10,12H,11,13-17H2,1-2H3,(H,26,29). The largest absolute Gasteiger partial charge is 0.369 e. The lowest BCUT2D eigenvalue weighted by Crippen LogP contribution is -2.47. The second-order valence-corrected chi connectivity index (χ2v) is 7.73. The number of pyridine rings is 1. The number of para-hydroxylation sites is 1. The van der Waals surface area contributed by atoms with Gasteiger partial charge in [-0.2, -0.15) is 0 Å². The summed E-state index contributed by atoms with van der Waals surface area (Å²) in [6.45, 7) is 9.11. The van der Waals surface area contributed by atoms with Gasteiger partial charge in [0.2, 0.25) is 5.91 Å². The molecule has 1 fully saturated rings. The minimum atomic E-state index is 0.0418. The molecule has 1 amide bonds. The van der Waals surface area contributed by atoms with Crippen LogP contribution in [0.25, 0.3) is 10.9 Å². The van der Waals surface area contributed by atoms with Crippen molar-refractivity contribution >= 4 is 28.2 Å². The van der Waals surface area contributed by atoms with Gasteiger partial charge in [0.25, 0.3) is 0 Å². The summed E-state index contributed by atoms with van der Waals surface area (Å²) in [4.78, 5) is 21.7. The van der Waals surface area contributed by atoms with Gasteiger partial charge in [0.1, 0.15) is 0 Å². The van der Waals surface area contributed by atoms with Gasteiger partial charge in [0.15, 0.2) is 0 Å². The molecule has 5 heteroatoms. The Morgan fingerprint density at radius 2 is 1.76 bits per heavy atom. The molecular weight excluding hydrogens is 360 g/mol. The molecule has 2 aromatic carbocycles. The zero-order valence-electron chi connectivity index (χ0n) is 17.2. The number of amides is 1. The summed E-state index contributed by atoms with van der Waals surface area (Å²) in [7, 11) is 0. The van der Waals surface area contributed by atoms with E-state index in [0.717, 1.165) is 49.3 Å². The monoisotopic (exact) mass is 388 g/mol. The third-order valence-corrected chi connectivity index (χ3v) is 5.85. The molecule has 3 aromatic rings. The first-order valence-electron chi connectivity index (χ1n) is 10.3. The van der Waals surface area contributed by atoms with E-state index in [1.54, 1.807) is 6.20 Å². The fourth-order valence-electron chi connectivity index (χ4n) is 3.97. The van der Waals surface area contributed by atoms with E-state index in [9.17, 15) is 4.79 Å². The molecule has 1 N–H and O–H groups in total. The zero-order chi connectivity index (χ0) is 20.2. The van der Waals surface area contributed by atoms with Gasteiger partial charge in [-0.3, -0.25) is 14.7 Å². The van der Waals surface area contributed by atoms with Crippen LogP contribution in [0.15, 0.2) is 54.7 Å². The third-order valence-electron chi connectivity index (χ3n) is 5.85. The quantitative estimate of drug-likeness (QED) is 0.718. The molecule has 1 aliphatic rings. The first-order valence-corrected chi connectivity index (χ1v) is 10.3. The minimum absolute atomic E-state index is 0.0418. The van der Waals surface area contributed by atoms with E-state index in [-0.39, 0.29) is 5.91 Å². The molecule has 2 heterocycles. The Labute approximate surface area is 172 Å². The van der Waals surface area contributed by atoms with E-state index in [0.29, 0.717) is 6.42 Å². The highest BCUT2D eigenvalue weighted by Gasteiger charge is 2.19. The predicted molar refractivity (Wildman–Crippen MR) is 120 cm³/mol. The number of nitrogens with zero attached hydrogens (tertiary/aromatic N) is 3. The molecule has 1 saturated heterocycles. The maximum Gasteiger partial charge on any atom is 0.225 e. The molecular formula is C24H28N4O. The Morgan fingerprint density at radius 3 is 2.59 bits per heavy atom. The average Bonchev–Trinajstić information content (AvgIpc) is 2.75. The number of benzene rings is 2. The molecule has 0 spiro atoms. The zero-order valence-corrected chi connectivity index (χ0v) is 17.2. The fraction of sp³-hybridized carbons (Fsp3) is 0.333. The van der Waals surface area contributed by atoms with Crippen LogP contribution in [0.3, 0.4) is 0 Å². The predicted octanol–water partition coefficient (Wildman–Crippen LogP) is 4.00. The number of piperazine rings is 1. The highest BCUT2D eigenvalue weighted by atomic mass is 16.1. The van der Waals surface area contributed by atoms with Crippen molar-refractivity contribution in [2.45, 2.75) is 20.3 Å². The van der Waals surface area contributed by atoms with Crippen molar-refractivity contribution < 1.29 is 4.79 Å². The lowest BCUT2D eigenvalue weighted by atomic mass is 10.1. The van der Waals surface area contributed by atoms with Gasteiger partial charge in [-0.25, -0.2) is 0 Å². The smallest absolute Gasteiger partial charge is 0.225 e. The molecule has 1 aliphatic heterocycles. The maximum atomic E-state index is 12.5. The van der Waals surface area contributed by atoms with E-state index in [1.165, 1.54) is 16.8 Å². The van der Waals surface area contributed by atoms with Crippen molar-refractivity contribution in [3.63, 3.8) is 0 Å². The molecule has 0 saturated carbocycles. The number of aryl methyl sites for hydroxylation is 1. The number of anilines is 2. The van der Waals surface area contributed by atoms with Crippen molar-refractivity contribution in [3.8, 4) is 0 Å². The molecule has 0 bridgehead atoms. The molecule has 0 unspecified atom stereocenters. The van der Waals surface area contributed by atoms with Crippen LogP contribution in [0.5, 0.6) is 0 Å². The summed E-state index contributed by atoms with van der Waals surface area (Å²) >= 11 is 0. The topological polar surface area (TPSA) is 48.5 Å². The number of nitrogens with one attached hydrogen (secondary N) is 1. The summed E-state index contributed by atoms with van der Waals surface area (Å²) in [5, 5.41) is 4.07. The van der Waals surface area contributed by atoms with Gasteiger partial charge in [0, 0.05) is 56.4 Å². The van der Waals surface area contributed by atoms with E-state index in [2.05, 4.69) is 52.1 Å². The van der Waals surface area contributed by atoms with Gasteiger partial charge in [-0.05, 0) is 43.2 Å². The first-order chi connectivity index (χ1) is 14.1. The van der Waals surface area contributed by atoms with Crippen LogP contribution in [0.4, 0.5) is 11.4 Å². The summed E-state index contributed by atoms with van der Waals surface area (Å²) in [6.07, 6.45) is 2.25. The van der Waals surface area contributed by atoms with Gasteiger partial charge in [-0.15, -0.1) is 0 Å². The molecule has 0 radical (unpaired) electrons. The lowest BCUT2D eigenvalue weighted by Gasteiger charge is -2.37. The molecule has 29 heavy (non-hydrogen) atoms. The van der Waals surface area contributed by atoms with E-state index in [1.807, 2.05) is 30.3 Å². The van der Waals surface area contributed by atoms with Crippen LogP contribution in [0, 0.1) is 13.8 Å². The number of fused-ring (bicyclic) bond motifs is 1. The molecule has 0 atom stereocenters. The average molecular weight is 389 g/mol. The van der Waals surface area contributed by atoms with Gasteiger partial charge in [-0.1, -0.05) is 30.3 Å². The fourth-order valence-corrected chi connectivity index (χ4v) is 3.97. The molecule has 5 nitrogen and oxygen atoms in total. The van der Waals surface area contributed by atoms with Crippen molar-refractivity contribution in [2.75, 3.05) is 42.9 Å². The third kappa shape index (κ3) is 4.40. The summed E-state index contributed by atoms with van der Waals surface area (Å²) in [6, 6.07) is 16.3. The van der Waals surface area contributed by atoms with Crippen LogP contribution in [0.1, 0.15) is 17.5 Å². The van der Waals surface area contributed by atoms with E-state index in [4.69, 9.17) is 0 Å². The Bertz CT molecular complexity index is 1000. The summed E-state index contributed by atoms with van der Waals surface area (Å²) in [5.41, 5.74) is 5.66. The van der Waals surface area contributed by atoms with E-state index < -0.39 is 0 Å². The Hall–Kier alpha value is -2.92. The summed E-state index contributed by atoms with van der Waals surface area (Å²) < 4.78 is 0. The number of rotatable bonds is 5. The Balaban J connectivity index is 1.29. The van der Waals surface area contributed by atoms with Crippen LogP contribution in [-0.2, 0) is 4.79 Å². The number of aromatic nitrogens is 1. The minimum Gasteiger partial charge on any atom is -0.369 e. The normalized spacial score (nSPS) is 14.9. The molecule has 1 aromatic heterocycles. The highest BCUT2D eigenvalue weighted by molar-refractivity contribution is 6.00. The van der Waals surface area contributed by atoms with Crippen LogP contribution in [-0.4, -0.2) is 48.5 Å². The lowest BCUT2D eigenvalue weighted by molar-refractivity contribution is -0.116.